The van der Waals surface area contributed by atoms with E-state index in [1.807, 2.05) is 12.1 Å². The third-order valence-electron chi connectivity index (χ3n) is 14.9. The summed E-state index contributed by atoms with van der Waals surface area (Å²) in [4.78, 5) is 4.62. The van der Waals surface area contributed by atoms with Crippen molar-refractivity contribution >= 4 is 62.2 Å². The van der Waals surface area contributed by atoms with Crippen LogP contribution in [0.5, 0.6) is 17.2 Å². The SMILES string of the molecule is COc1cc2c3c(c4c(c2cc1N1CCOCC1)-c1ccc(C(F)(F)F)cc1C41CCCCC1)C=CC(c1ccc(OCCO[Si](O[Si](C)(C)C)(O[Si](C)(C)C)O[Si](C)(C)C)cc1)(c1ccc(N2CCOCC2)cc1)O3. The van der Waals surface area contributed by atoms with Gasteiger partial charge in [0.15, 0.2) is 30.6 Å². The van der Waals surface area contributed by atoms with E-state index in [0.717, 1.165) is 106 Å². The number of hydrogen-bond donors (Lipinski definition) is 0. The molecule has 0 amide bonds. The van der Waals surface area contributed by atoms with Crippen molar-refractivity contribution < 1.29 is 53.6 Å². The third kappa shape index (κ3) is 11.1. The lowest BCUT2D eigenvalue weighted by Crippen LogP contribution is -2.62. The molecule has 11 nitrogen and oxygen atoms in total. The first-order valence-corrected chi connectivity index (χ1v) is 38.9. The van der Waals surface area contributed by atoms with Gasteiger partial charge >= 0.3 is 15.2 Å². The van der Waals surface area contributed by atoms with Crippen LogP contribution in [0.4, 0.5) is 24.5 Å². The highest BCUT2D eigenvalue weighted by atomic mass is 28.5. The summed E-state index contributed by atoms with van der Waals surface area (Å²) in [5.41, 5.74) is 5.90. The molecule has 2 saturated heterocycles. The lowest BCUT2D eigenvalue weighted by atomic mass is 9.66. The molecule has 0 bridgehead atoms. The zero-order chi connectivity index (χ0) is 53.9. The van der Waals surface area contributed by atoms with Crippen molar-refractivity contribution in [3.63, 3.8) is 0 Å². The molecular weight excluding hydrogens is 1040 g/mol. The monoisotopic (exact) mass is 1110 g/mol. The second kappa shape index (κ2) is 21.0. The van der Waals surface area contributed by atoms with Crippen molar-refractivity contribution in [1.29, 1.82) is 0 Å². The molecule has 3 heterocycles. The predicted octanol–water partition coefficient (Wildman–Crippen LogP) is 13.5. The number of halogens is 3. The Hall–Kier alpha value is -4.48. The molecule has 5 aromatic carbocycles. The van der Waals surface area contributed by atoms with E-state index >= 15 is 0 Å². The van der Waals surface area contributed by atoms with Crippen LogP contribution in [0.1, 0.15) is 65.5 Å². The molecule has 3 aliphatic heterocycles. The van der Waals surface area contributed by atoms with Crippen molar-refractivity contribution in [2.75, 3.05) is 82.7 Å². The van der Waals surface area contributed by atoms with Crippen molar-refractivity contribution in [2.45, 2.75) is 108 Å². The molecule has 76 heavy (non-hydrogen) atoms. The first-order chi connectivity index (χ1) is 36.0. The maximum Gasteiger partial charge on any atom is 0.647 e. The fraction of sp³-hybridized carbons (Fsp3) is 0.483. The Bertz CT molecular complexity index is 2900. The lowest BCUT2D eigenvalue weighted by Gasteiger charge is -2.41. The molecule has 5 aromatic rings. The molecule has 1 spiro atoms. The first kappa shape index (κ1) is 54.9. The molecule has 3 fully saturated rings. The van der Waals surface area contributed by atoms with Gasteiger partial charge in [-0.15, -0.1) is 0 Å². The molecule has 408 valence electrons. The molecule has 0 aromatic heterocycles. The van der Waals surface area contributed by atoms with E-state index in [1.54, 1.807) is 13.2 Å². The Morgan fingerprint density at radius 1 is 0.645 bits per heavy atom. The molecule has 10 rings (SSSR count). The minimum atomic E-state index is -4.49. The van der Waals surface area contributed by atoms with Crippen LogP contribution < -0.4 is 24.0 Å². The summed E-state index contributed by atoms with van der Waals surface area (Å²) in [5.74, 6) is 2.01. The fourth-order valence-corrected chi connectivity index (χ4v) is 23.6. The molecule has 2 aliphatic carbocycles. The highest BCUT2D eigenvalue weighted by molar-refractivity contribution is 6.87. The van der Waals surface area contributed by atoms with E-state index in [0.29, 0.717) is 56.8 Å². The normalized spacial score (nSPS) is 19.9. The van der Waals surface area contributed by atoms with Crippen molar-refractivity contribution in [3.05, 3.63) is 118 Å². The number of rotatable bonds is 16. The van der Waals surface area contributed by atoms with Crippen LogP contribution in [0.25, 0.3) is 28.0 Å². The van der Waals surface area contributed by atoms with Gasteiger partial charge in [0, 0.05) is 59.4 Å². The number of hydrogen-bond acceptors (Lipinski definition) is 11. The third-order valence-corrected chi connectivity index (χ3v) is 25.8. The van der Waals surface area contributed by atoms with E-state index in [4.69, 9.17) is 40.5 Å². The van der Waals surface area contributed by atoms with Gasteiger partial charge in [0.05, 0.1) is 51.4 Å². The van der Waals surface area contributed by atoms with Gasteiger partial charge in [0.2, 0.25) is 0 Å². The Morgan fingerprint density at radius 2 is 1.22 bits per heavy atom. The van der Waals surface area contributed by atoms with E-state index in [9.17, 15) is 13.2 Å². The summed E-state index contributed by atoms with van der Waals surface area (Å²) < 4.78 is 103. The van der Waals surface area contributed by atoms with Gasteiger partial charge < -0.3 is 50.3 Å². The second-order valence-electron chi connectivity index (χ2n) is 23.7. The number of benzene rings is 5. The second-order valence-corrected chi connectivity index (χ2v) is 40.2. The largest absolute Gasteiger partial charge is 0.647 e. The van der Waals surface area contributed by atoms with Crippen LogP contribution in [0.2, 0.25) is 58.9 Å². The molecule has 0 N–H and O–H groups in total. The maximum absolute atomic E-state index is 14.7. The average molecular weight is 1110 g/mol. The number of anilines is 2. The minimum absolute atomic E-state index is 0.215. The number of fused-ring (bicyclic) bond motifs is 10. The highest BCUT2D eigenvalue weighted by Crippen LogP contribution is 2.63. The van der Waals surface area contributed by atoms with Gasteiger partial charge in [-0.1, -0.05) is 55.7 Å². The van der Waals surface area contributed by atoms with E-state index in [1.165, 1.54) is 12.1 Å². The lowest BCUT2D eigenvalue weighted by molar-refractivity contribution is -0.137. The number of ether oxygens (including phenoxy) is 5. The summed E-state index contributed by atoms with van der Waals surface area (Å²) >= 11 is 0. The van der Waals surface area contributed by atoms with Crippen LogP contribution in [-0.2, 0) is 43.4 Å². The van der Waals surface area contributed by atoms with Crippen LogP contribution >= 0.6 is 0 Å². The van der Waals surface area contributed by atoms with Crippen molar-refractivity contribution in [3.8, 4) is 28.4 Å². The van der Waals surface area contributed by atoms with E-state index in [-0.39, 0.29) is 13.2 Å². The smallest absolute Gasteiger partial charge is 0.495 e. The summed E-state index contributed by atoms with van der Waals surface area (Å²) in [5, 5.41) is 1.75. The molecular formula is C58H75F3N2O9Si4. The quantitative estimate of drug-likeness (QED) is 0.0699. The minimum Gasteiger partial charge on any atom is -0.495 e. The Kier molecular flexibility index (Phi) is 15.1. The topological polar surface area (TPSA) is 89.6 Å². The van der Waals surface area contributed by atoms with Crippen LogP contribution in [-0.4, -0.2) is 107 Å². The van der Waals surface area contributed by atoms with Crippen LogP contribution in [0.15, 0.2) is 84.9 Å². The van der Waals surface area contributed by atoms with Gasteiger partial charge in [-0.05, 0) is 154 Å². The molecule has 18 heteroatoms. The number of methoxy groups -OCH3 is 1. The van der Waals surface area contributed by atoms with Crippen molar-refractivity contribution in [2.24, 2.45) is 0 Å². The maximum atomic E-state index is 14.7. The Labute approximate surface area is 451 Å². The molecule has 0 radical (unpaired) electrons. The van der Waals surface area contributed by atoms with Gasteiger partial charge in [-0.2, -0.15) is 13.2 Å². The van der Waals surface area contributed by atoms with Gasteiger partial charge in [0.1, 0.15) is 23.9 Å². The Morgan fingerprint density at radius 3 is 1.79 bits per heavy atom. The van der Waals surface area contributed by atoms with Crippen LogP contribution in [0, 0.1) is 0 Å². The summed E-state index contributed by atoms with van der Waals surface area (Å²) in [7, 11) is -8.34. The van der Waals surface area contributed by atoms with Gasteiger partial charge in [-0.25, -0.2) is 0 Å². The fourth-order valence-electron chi connectivity index (χ4n) is 11.9. The summed E-state index contributed by atoms with van der Waals surface area (Å²) in [6.45, 7) is 25.0. The summed E-state index contributed by atoms with van der Waals surface area (Å²) in [6.07, 6.45) is 4.15. The molecule has 1 unspecified atom stereocenters. The molecule has 1 saturated carbocycles. The average Bonchev–Trinajstić information content (AvgIpc) is 3.92. The zero-order valence-corrected chi connectivity index (χ0v) is 50.0. The van der Waals surface area contributed by atoms with E-state index in [2.05, 4.69) is 129 Å². The first-order valence-electron chi connectivity index (χ1n) is 27.1. The highest BCUT2D eigenvalue weighted by Gasteiger charge is 2.54. The van der Waals surface area contributed by atoms with Gasteiger partial charge in [0.25, 0.3) is 0 Å². The number of morpholine rings is 2. The summed E-state index contributed by atoms with van der Waals surface area (Å²) in [6, 6.07) is 25.3. The number of nitrogens with zero attached hydrogens (tertiary/aromatic N) is 2. The van der Waals surface area contributed by atoms with Gasteiger partial charge in [-0.3, -0.25) is 0 Å². The molecule has 5 aliphatic rings. The standard InChI is InChI=1S/C58H75F3N2O9Si4/c1-64-52-40-49-48(39-51(52)63-30-34-66-35-31-63)53-46-23-18-43(58(59,60)61)38-50(46)56(25-12-11-13-26-56)54(53)47-24-27-57(69-55(47)49,41-14-19-44(20-15-41)62-28-32-65-33-29-62)42-16-21-45(22-17-42)67-36-37-68-76(70-73(2,3)4,71-74(5,6)7)72-75(8,9)10/h14-24,27,38-40H,11-13,25-26,28-37H2,1-10H3. The van der Waals surface area contributed by atoms with Crippen molar-refractivity contribution in [1.82, 2.24) is 0 Å². The van der Waals surface area contributed by atoms with E-state index < -0.39 is 56.8 Å². The van der Waals surface area contributed by atoms with Crippen LogP contribution in [0.3, 0.4) is 0 Å². The number of alkyl halides is 3. The predicted molar refractivity (Wildman–Crippen MR) is 305 cm³/mol. The zero-order valence-electron chi connectivity index (χ0n) is 46.0. The molecule has 1 atom stereocenters. The Balaban J connectivity index is 1.09.